The molecule has 1 N–H and O–H groups in total. The van der Waals surface area contributed by atoms with Crippen molar-refractivity contribution in [1.29, 1.82) is 0 Å². The van der Waals surface area contributed by atoms with Crippen molar-refractivity contribution in [3.05, 3.63) is 54.6 Å². The van der Waals surface area contributed by atoms with Crippen molar-refractivity contribution < 1.29 is 14.6 Å². The second kappa shape index (κ2) is 7.45. The molecule has 0 spiro atoms. The molecule has 1 aromatic rings. The number of ether oxygens (including phenoxy) is 1. The van der Waals surface area contributed by atoms with E-state index in [4.69, 9.17) is 9.84 Å². The number of benzene rings is 1. The fourth-order valence-electron chi connectivity index (χ4n) is 1.27. The van der Waals surface area contributed by atoms with Crippen LogP contribution in [0.25, 0.3) is 6.08 Å². The Morgan fingerprint density at radius 1 is 1.44 bits per heavy atom. The van der Waals surface area contributed by atoms with Crippen LogP contribution in [0.4, 0.5) is 0 Å². The van der Waals surface area contributed by atoms with Crippen LogP contribution >= 0.6 is 0 Å². The minimum atomic E-state index is -0.902. The number of epoxide rings is 1. The van der Waals surface area contributed by atoms with Gasteiger partial charge in [-0.25, -0.2) is 4.79 Å². The van der Waals surface area contributed by atoms with Crippen LogP contribution in [0, 0.1) is 0 Å². The molecule has 1 atom stereocenters. The average molecular weight is 246 g/mol. The first-order valence-electron chi connectivity index (χ1n) is 5.83. The van der Waals surface area contributed by atoms with Crippen LogP contribution in [0.15, 0.2) is 49.1 Å². The molecule has 0 amide bonds. The number of carbonyl (C=O) groups is 1. The number of aliphatic carboxylic acids is 1. The Bertz CT molecular complexity index is 405. The second-order valence-corrected chi connectivity index (χ2v) is 4.02. The van der Waals surface area contributed by atoms with Gasteiger partial charge in [0.25, 0.3) is 0 Å². The molecular weight excluding hydrogens is 228 g/mol. The Kier molecular flexibility index (Phi) is 5.88. The molecule has 0 radical (unpaired) electrons. The number of hydrogen-bond acceptors (Lipinski definition) is 2. The summed E-state index contributed by atoms with van der Waals surface area (Å²) in [5.41, 5.74) is 1.45. The van der Waals surface area contributed by atoms with Gasteiger partial charge in [0.1, 0.15) is 0 Å². The van der Waals surface area contributed by atoms with Gasteiger partial charge in [0.15, 0.2) is 0 Å². The number of carboxylic acid groups (broad SMARTS) is 1. The minimum Gasteiger partial charge on any atom is -0.478 e. The summed E-state index contributed by atoms with van der Waals surface area (Å²) in [7, 11) is 0. The summed E-state index contributed by atoms with van der Waals surface area (Å²) in [6, 6.07) is 10.0. The van der Waals surface area contributed by atoms with E-state index >= 15 is 0 Å². The molecule has 0 aliphatic carbocycles. The second-order valence-electron chi connectivity index (χ2n) is 4.02. The molecule has 0 aromatic heterocycles. The zero-order valence-electron chi connectivity index (χ0n) is 10.3. The topological polar surface area (TPSA) is 49.8 Å². The third kappa shape index (κ3) is 6.01. The van der Waals surface area contributed by atoms with Crippen molar-refractivity contribution in [2.45, 2.75) is 18.9 Å². The first-order chi connectivity index (χ1) is 8.63. The van der Waals surface area contributed by atoms with E-state index in [-0.39, 0.29) is 5.57 Å². The van der Waals surface area contributed by atoms with Gasteiger partial charge >= 0.3 is 5.97 Å². The fraction of sp³-hybridized carbons (Fsp3) is 0.267. The SMILES string of the molecule is C=C(CCC1CO1)C(=O)O.C=Cc1ccccc1. The van der Waals surface area contributed by atoms with Gasteiger partial charge in [0.05, 0.1) is 12.7 Å². The van der Waals surface area contributed by atoms with E-state index in [2.05, 4.69) is 13.2 Å². The lowest BCUT2D eigenvalue weighted by molar-refractivity contribution is -0.132. The van der Waals surface area contributed by atoms with E-state index in [0.29, 0.717) is 12.5 Å². The summed E-state index contributed by atoms with van der Waals surface area (Å²) in [5.74, 6) is -0.902. The predicted molar refractivity (Wildman–Crippen MR) is 72.3 cm³/mol. The van der Waals surface area contributed by atoms with E-state index in [1.54, 1.807) is 0 Å². The fourth-order valence-corrected chi connectivity index (χ4v) is 1.27. The molecule has 3 heteroatoms. The normalized spacial score (nSPS) is 16.1. The van der Waals surface area contributed by atoms with Gasteiger partial charge in [-0.1, -0.05) is 49.6 Å². The molecule has 1 unspecified atom stereocenters. The van der Waals surface area contributed by atoms with Crippen LogP contribution in [0.2, 0.25) is 0 Å². The summed E-state index contributed by atoms with van der Waals surface area (Å²) in [4.78, 5) is 10.2. The van der Waals surface area contributed by atoms with Crippen LogP contribution in [-0.4, -0.2) is 23.8 Å². The molecule has 0 saturated carbocycles. The molecule has 1 aliphatic rings. The van der Waals surface area contributed by atoms with Crippen LogP contribution in [0.1, 0.15) is 18.4 Å². The molecule has 1 saturated heterocycles. The molecule has 2 rings (SSSR count). The van der Waals surface area contributed by atoms with Crippen LogP contribution in [0.3, 0.4) is 0 Å². The van der Waals surface area contributed by atoms with Crippen molar-refractivity contribution >= 4 is 12.0 Å². The zero-order valence-corrected chi connectivity index (χ0v) is 10.3. The monoisotopic (exact) mass is 246 g/mol. The van der Waals surface area contributed by atoms with E-state index in [9.17, 15) is 4.79 Å². The molecule has 18 heavy (non-hydrogen) atoms. The maximum absolute atomic E-state index is 10.2. The van der Waals surface area contributed by atoms with Gasteiger partial charge in [-0.15, -0.1) is 0 Å². The summed E-state index contributed by atoms with van der Waals surface area (Å²) in [5, 5.41) is 8.37. The van der Waals surface area contributed by atoms with Crippen molar-refractivity contribution in [3.8, 4) is 0 Å². The van der Waals surface area contributed by atoms with Crippen molar-refractivity contribution in [2.24, 2.45) is 0 Å². The van der Waals surface area contributed by atoms with Crippen molar-refractivity contribution in [3.63, 3.8) is 0 Å². The third-order valence-electron chi connectivity index (χ3n) is 2.51. The number of hydrogen-bond donors (Lipinski definition) is 1. The summed E-state index contributed by atoms with van der Waals surface area (Å²) >= 11 is 0. The first kappa shape index (κ1) is 14.2. The molecule has 1 fully saturated rings. The Balaban J connectivity index is 0.000000184. The Labute approximate surface area is 107 Å². The lowest BCUT2D eigenvalue weighted by atomic mass is 10.1. The van der Waals surface area contributed by atoms with Crippen molar-refractivity contribution in [1.82, 2.24) is 0 Å². The highest BCUT2D eigenvalue weighted by Gasteiger charge is 2.22. The van der Waals surface area contributed by atoms with Gasteiger partial charge in [0.2, 0.25) is 0 Å². The van der Waals surface area contributed by atoms with Crippen LogP contribution in [-0.2, 0) is 9.53 Å². The number of carboxylic acids is 1. The Hall–Kier alpha value is -1.87. The van der Waals surface area contributed by atoms with Crippen LogP contribution in [0.5, 0.6) is 0 Å². The zero-order chi connectivity index (χ0) is 13.4. The van der Waals surface area contributed by atoms with Gasteiger partial charge in [-0.2, -0.15) is 0 Å². The predicted octanol–water partition coefficient (Wildman–Crippen LogP) is 3.14. The summed E-state index contributed by atoms with van der Waals surface area (Å²) in [6.45, 7) is 7.81. The first-order valence-corrected chi connectivity index (χ1v) is 5.83. The van der Waals surface area contributed by atoms with Crippen molar-refractivity contribution in [2.75, 3.05) is 6.61 Å². The third-order valence-corrected chi connectivity index (χ3v) is 2.51. The van der Waals surface area contributed by atoms with E-state index in [0.717, 1.165) is 13.0 Å². The standard InChI is InChI=1S/C8H8.C7H10O3/c1-2-8-6-4-3-5-7-8;1-5(7(8)9)2-3-6-4-10-6/h2-7H,1H2;6H,1-4H2,(H,8,9). The van der Waals surface area contributed by atoms with E-state index in [1.165, 1.54) is 5.56 Å². The smallest absolute Gasteiger partial charge is 0.330 e. The maximum atomic E-state index is 10.2. The van der Waals surface area contributed by atoms with Gasteiger partial charge < -0.3 is 9.84 Å². The lowest BCUT2D eigenvalue weighted by Crippen LogP contribution is -1.99. The molecule has 1 aromatic carbocycles. The van der Waals surface area contributed by atoms with E-state index < -0.39 is 5.97 Å². The average Bonchev–Trinajstić information content (AvgIpc) is 3.21. The highest BCUT2D eigenvalue weighted by atomic mass is 16.6. The Morgan fingerprint density at radius 3 is 2.44 bits per heavy atom. The molecular formula is C15H18O3. The largest absolute Gasteiger partial charge is 0.478 e. The number of rotatable bonds is 5. The molecule has 1 heterocycles. The quantitative estimate of drug-likeness (QED) is 0.641. The van der Waals surface area contributed by atoms with Gasteiger partial charge in [-0.05, 0) is 18.4 Å². The highest BCUT2D eigenvalue weighted by molar-refractivity contribution is 5.85. The van der Waals surface area contributed by atoms with Gasteiger partial charge in [0, 0.05) is 5.57 Å². The lowest BCUT2D eigenvalue weighted by Gasteiger charge is -1.95. The molecule has 3 nitrogen and oxygen atoms in total. The molecule has 96 valence electrons. The minimum absolute atomic E-state index is 0.274. The Morgan fingerprint density at radius 2 is 2.06 bits per heavy atom. The van der Waals surface area contributed by atoms with Crippen LogP contribution < -0.4 is 0 Å². The summed E-state index contributed by atoms with van der Waals surface area (Å²) < 4.78 is 4.90. The van der Waals surface area contributed by atoms with E-state index in [1.807, 2.05) is 36.4 Å². The highest BCUT2D eigenvalue weighted by Crippen LogP contribution is 2.17. The maximum Gasteiger partial charge on any atom is 0.330 e. The van der Waals surface area contributed by atoms with Gasteiger partial charge in [-0.3, -0.25) is 0 Å². The molecule has 1 aliphatic heterocycles. The molecule has 0 bridgehead atoms. The summed E-state index contributed by atoms with van der Waals surface area (Å²) in [6.07, 6.45) is 3.47.